The Morgan fingerprint density at radius 1 is 1.11 bits per heavy atom. The number of aromatic amines is 1. The number of H-pyrrole nitrogens is 1. The summed E-state index contributed by atoms with van der Waals surface area (Å²) in [5, 5.41) is 16.4. The van der Waals surface area contributed by atoms with Crippen LogP contribution in [0.4, 0.5) is 0 Å². The first-order valence-corrected chi connectivity index (χ1v) is 16.6. The second kappa shape index (κ2) is 13.8. The predicted octanol–water partition coefficient (Wildman–Crippen LogP) is 4.02. The van der Waals surface area contributed by atoms with Gasteiger partial charge in [0, 0.05) is 47.4 Å². The topological polar surface area (TPSA) is 161 Å². The van der Waals surface area contributed by atoms with Crippen molar-refractivity contribution >= 4 is 64.0 Å². The second-order valence-corrected chi connectivity index (χ2v) is 13.9. The molecule has 2 aromatic rings. The average Bonchev–Trinajstić information content (AvgIpc) is 3.55. The Balaban J connectivity index is 1.23. The molecule has 3 aliphatic rings. The number of fused-ring (bicyclic) bond motifs is 1. The lowest BCUT2D eigenvalue weighted by molar-refractivity contribution is -0.142. The fourth-order valence-electron chi connectivity index (χ4n) is 6.86. The molecule has 2 aliphatic heterocycles. The van der Waals surface area contributed by atoms with Gasteiger partial charge in [0.2, 0.25) is 17.7 Å². The highest BCUT2D eigenvalue weighted by atomic mass is 35.5. The van der Waals surface area contributed by atoms with Gasteiger partial charge in [0.1, 0.15) is 17.0 Å². The van der Waals surface area contributed by atoms with Gasteiger partial charge in [0.25, 0.3) is 5.91 Å². The number of carboxylic acids is 1. The fourth-order valence-corrected chi connectivity index (χ4v) is 7.94. The van der Waals surface area contributed by atoms with E-state index in [0.717, 1.165) is 55.0 Å². The number of hydrogen-bond acceptors (Lipinski definition) is 6. The van der Waals surface area contributed by atoms with E-state index >= 15 is 0 Å². The molecular weight excluding hydrogens is 606 g/mol. The molecule has 1 aliphatic carbocycles. The highest BCUT2D eigenvalue weighted by Gasteiger charge is 2.47. The first-order chi connectivity index (χ1) is 21.0. The van der Waals surface area contributed by atoms with Crippen LogP contribution < -0.4 is 15.4 Å². The molecule has 0 bridgehead atoms. The van der Waals surface area contributed by atoms with Gasteiger partial charge in [-0.2, -0.15) is 0 Å². The maximum Gasteiger partial charge on any atom is 0.326 e. The van der Waals surface area contributed by atoms with Gasteiger partial charge in [-0.05, 0) is 74.2 Å². The number of benzene rings is 1. The van der Waals surface area contributed by atoms with Crippen molar-refractivity contribution in [1.82, 2.24) is 25.2 Å². The molecule has 1 aromatic heterocycles. The van der Waals surface area contributed by atoms with Crippen LogP contribution in [0, 0.1) is 11.8 Å². The van der Waals surface area contributed by atoms with Crippen molar-refractivity contribution in [2.24, 2.45) is 11.8 Å². The van der Waals surface area contributed by atoms with E-state index in [1.165, 1.54) is 6.92 Å². The van der Waals surface area contributed by atoms with E-state index in [-0.39, 0.29) is 18.2 Å². The number of aromatic nitrogens is 1. The molecule has 3 atom stereocenters. The number of rotatable bonds is 10. The third-order valence-corrected chi connectivity index (χ3v) is 10.6. The molecule has 5 N–H and O–H groups in total. The van der Waals surface area contributed by atoms with Gasteiger partial charge in [-0.3, -0.25) is 23.9 Å². The van der Waals surface area contributed by atoms with Crippen LogP contribution in [0.5, 0.6) is 0 Å². The van der Waals surface area contributed by atoms with E-state index in [0.29, 0.717) is 55.4 Å². The molecule has 44 heavy (non-hydrogen) atoms. The maximum atomic E-state index is 13.6. The molecule has 1 spiro atoms. The van der Waals surface area contributed by atoms with Crippen LogP contribution in [0.2, 0.25) is 5.02 Å². The number of piperidine rings is 1. The Morgan fingerprint density at radius 2 is 1.84 bits per heavy atom. The minimum atomic E-state index is -1.26. The van der Waals surface area contributed by atoms with Crippen LogP contribution in [0.15, 0.2) is 24.3 Å². The fraction of sp³-hybridized carbons (Fsp3) is 0.581. The number of carbonyl (C=O) groups is 5. The van der Waals surface area contributed by atoms with E-state index in [1.54, 1.807) is 29.2 Å². The van der Waals surface area contributed by atoms with E-state index in [1.807, 2.05) is 0 Å². The van der Waals surface area contributed by atoms with Crippen molar-refractivity contribution in [2.45, 2.75) is 88.0 Å². The Bertz CT molecular complexity index is 1420. The Morgan fingerprint density at radius 3 is 2.52 bits per heavy atom. The average molecular weight is 646 g/mol. The summed E-state index contributed by atoms with van der Waals surface area (Å²) in [6.07, 6.45) is 7.43. The molecule has 3 fully saturated rings. The van der Waals surface area contributed by atoms with Gasteiger partial charge in [-0.15, -0.1) is 0 Å². The second-order valence-electron chi connectivity index (χ2n) is 12.5. The third kappa shape index (κ3) is 7.69. The zero-order valence-corrected chi connectivity index (χ0v) is 26.4. The number of nitrogens with zero attached hydrogens (tertiary/aromatic N) is 1. The minimum Gasteiger partial charge on any atom is -0.480 e. The molecule has 1 saturated carbocycles. The van der Waals surface area contributed by atoms with Crippen LogP contribution in [0.1, 0.15) is 81.6 Å². The van der Waals surface area contributed by atoms with Crippen molar-refractivity contribution in [2.75, 3.05) is 13.1 Å². The quantitative estimate of drug-likeness (QED) is 0.244. The molecule has 4 amide bonds. The summed E-state index contributed by atoms with van der Waals surface area (Å²) in [7, 11) is 0. The lowest BCUT2D eigenvalue weighted by atomic mass is 9.82. The predicted molar refractivity (Wildman–Crippen MR) is 168 cm³/mol. The zero-order chi connectivity index (χ0) is 31.4. The molecule has 11 nitrogen and oxygen atoms in total. The number of aliphatic carboxylic acids is 1. The van der Waals surface area contributed by atoms with Crippen LogP contribution in [0.3, 0.4) is 0 Å². The maximum absolute atomic E-state index is 13.6. The monoisotopic (exact) mass is 645 g/mol. The molecule has 1 aromatic carbocycles. The number of carbonyl (C=O) groups excluding carboxylic acids is 4. The molecule has 0 radical (unpaired) electrons. The van der Waals surface area contributed by atoms with Gasteiger partial charge in [-0.1, -0.05) is 43.7 Å². The van der Waals surface area contributed by atoms with Crippen LogP contribution >= 0.6 is 23.5 Å². The minimum absolute atomic E-state index is 0.00236. The summed E-state index contributed by atoms with van der Waals surface area (Å²) in [5.74, 6) is -2.58. The first-order valence-electron chi connectivity index (χ1n) is 15.4. The Labute approximate surface area is 265 Å². The summed E-state index contributed by atoms with van der Waals surface area (Å²) in [4.78, 5) is 68.4. The molecule has 2 saturated heterocycles. The van der Waals surface area contributed by atoms with Crippen molar-refractivity contribution < 1.29 is 29.1 Å². The third-order valence-electron chi connectivity index (χ3n) is 9.38. The van der Waals surface area contributed by atoms with E-state index < -0.39 is 40.5 Å². The van der Waals surface area contributed by atoms with Crippen LogP contribution in [-0.2, 0) is 19.2 Å². The van der Waals surface area contributed by atoms with Crippen molar-refractivity contribution in [3.05, 3.63) is 35.0 Å². The van der Waals surface area contributed by atoms with Gasteiger partial charge >= 0.3 is 5.97 Å². The van der Waals surface area contributed by atoms with Crippen molar-refractivity contribution in [1.29, 1.82) is 0 Å². The summed E-state index contributed by atoms with van der Waals surface area (Å²) in [5.41, 5.74) is 0.621. The summed E-state index contributed by atoms with van der Waals surface area (Å²) >= 11 is 7.07. The highest BCUT2D eigenvalue weighted by molar-refractivity contribution is 7.99. The number of amides is 4. The Hall–Kier alpha value is -3.25. The number of carboxylic acid groups (broad SMARTS) is 1. The molecule has 238 valence electrons. The molecule has 3 heterocycles. The van der Waals surface area contributed by atoms with E-state index in [4.69, 9.17) is 11.6 Å². The summed E-state index contributed by atoms with van der Waals surface area (Å²) in [6, 6.07) is 5.71. The molecule has 13 heteroatoms. The Kier molecular flexibility index (Phi) is 10.1. The van der Waals surface area contributed by atoms with Gasteiger partial charge in [0.05, 0.1) is 0 Å². The van der Waals surface area contributed by atoms with E-state index in [9.17, 15) is 29.1 Å². The number of likely N-dealkylation sites (tertiary alicyclic amines) is 1. The summed E-state index contributed by atoms with van der Waals surface area (Å²) in [6.45, 7) is 2.61. The highest BCUT2D eigenvalue weighted by Crippen LogP contribution is 2.37. The normalized spacial score (nSPS) is 21.5. The summed E-state index contributed by atoms with van der Waals surface area (Å²) < 4.78 is 2.79. The van der Waals surface area contributed by atoms with Gasteiger partial charge in [0.15, 0.2) is 0 Å². The lowest BCUT2D eigenvalue weighted by Gasteiger charge is -2.39. The molecule has 2 unspecified atom stereocenters. The number of halogens is 1. The zero-order valence-electron chi connectivity index (χ0n) is 24.8. The van der Waals surface area contributed by atoms with E-state index in [2.05, 4.69) is 20.3 Å². The smallest absolute Gasteiger partial charge is 0.326 e. The first kappa shape index (κ1) is 32.2. The van der Waals surface area contributed by atoms with Gasteiger partial charge < -0.3 is 25.6 Å². The van der Waals surface area contributed by atoms with Gasteiger partial charge in [-0.25, -0.2) is 4.79 Å². The SMILES string of the molecule is CC(=O)N1CCC2(CC1)CC(CC(NC(=O)[C@H](CC1CCCCC1)SNC(=O)c1cc3cc(Cl)ccc3[nH]1)C(=O)O)C(=O)N2. The standard InChI is InChI=1S/C31H40ClN5O6S/c1-18(38)37-11-9-31(10-12-37)17-21(27(39)35-31)16-25(30(42)43)34-29(41)26(13-19-5-3-2-4-6-19)44-36-28(40)24-15-20-14-22(32)7-8-23(20)33-24/h7-8,14-15,19,21,25-26,33H,2-6,9-13,16-17H2,1H3,(H,34,41)(H,35,39)(H,36,40)(H,42,43)/t21?,25?,26-/m0/s1. The van der Waals surface area contributed by atoms with Crippen molar-refractivity contribution in [3.8, 4) is 0 Å². The van der Waals surface area contributed by atoms with Crippen LogP contribution in [-0.4, -0.2) is 74.5 Å². The molecule has 5 rings (SSSR count). The largest absolute Gasteiger partial charge is 0.480 e. The molecular formula is C31H40ClN5O6S. The number of hydrogen-bond donors (Lipinski definition) is 5. The number of nitrogens with one attached hydrogen (secondary N) is 4. The van der Waals surface area contributed by atoms with Crippen molar-refractivity contribution in [3.63, 3.8) is 0 Å². The lowest BCUT2D eigenvalue weighted by Crippen LogP contribution is -2.51. The van der Waals surface area contributed by atoms with Crippen LogP contribution in [0.25, 0.3) is 10.9 Å².